The molecule has 2 fully saturated rings. The summed E-state index contributed by atoms with van der Waals surface area (Å²) in [5.74, 6) is 0.442. The van der Waals surface area contributed by atoms with Crippen molar-refractivity contribution in [3.63, 3.8) is 0 Å². The molecule has 4 unspecified atom stereocenters. The molecular weight excluding hydrogens is 192 g/mol. The Hall–Kier alpha value is -0.670. The third-order valence-corrected chi connectivity index (χ3v) is 4.70. The molecule has 3 heteroatoms. The minimum Gasteiger partial charge on any atom is -0.390 e. The highest BCUT2D eigenvalue weighted by Gasteiger charge is 2.61. The van der Waals surface area contributed by atoms with Gasteiger partial charge in [0.1, 0.15) is 5.78 Å². The van der Waals surface area contributed by atoms with Gasteiger partial charge in [0, 0.05) is 23.7 Å². The number of aliphatic hydroxyl groups excluding tert-OH is 2. The van der Waals surface area contributed by atoms with Crippen LogP contribution in [0.25, 0.3) is 0 Å². The number of fused-ring (bicyclic) bond motifs is 1. The second-order valence-electron chi connectivity index (χ2n) is 5.38. The van der Waals surface area contributed by atoms with E-state index in [1.54, 1.807) is 0 Å². The SMILES string of the molecule is CC12C=CC(C(O)C1O)[C@@H]1CCC(=O)[C@@H]12. The molecule has 0 aliphatic heterocycles. The molecule has 0 heterocycles. The maximum Gasteiger partial charge on any atom is 0.137 e. The number of ketones is 1. The highest BCUT2D eigenvalue weighted by atomic mass is 16.3. The van der Waals surface area contributed by atoms with Crippen LogP contribution in [0.2, 0.25) is 0 Å². The van der Waals surface area contributed by atoms with Crippen molar-refractivity contribution in [2.24, 2.45) is 23.2 Å². The first-order valence-corrected chi connectivity index (χ1v) is 5.64. The van der Waals surface area contributed by atoms with Gasteiger partial charge in [-0.3, -0.25) is 4.79 Å². The predicted molar refractivity (Wildman–Crippen MR) is 54.0 cm³/mol. The van der Waals surface area contributed by atoms with Crippen molar-refractivity contribution in [1.29, 1.82) is 0 Å². The molecule has 0 aromatic heterocycles. The Morgan fingerprint density at radius 1 is 1.47 bits per heavy atom. The fraction of sp³-hybridized carbons (Fsp3) is 0.750. The zero-order chi connectivity index (χ0) is 10.8. The number of hydrogen-bond acceptors (Lipinski definition) is 3. The fourth-order valence-corrected chi connectivity index (χ4v) is 3.89. The van der Waals surface area contributed by atoms with E-state index >= 15 is 0 Å². The molecule has 15 heavy (non-hydrogen) atoms. The summed E-state index contributed by atoms with van der Waals surface area (Å²) in [6.07, 6.45) is 3.96. The Morgan fingerprint density at radius 2 is 2.20 bits per heavy atom. The third kappa shape index (κ3) is 0.955. The lowest BCUT2D eigenvalue weighted by Gasteiger charge is -2.53. The van der Waals surface area contributed by atoms with Crippen LogP contribution in [0.1, 0.15) is 19.8 Å². The molecule has 6 atom stereocenters. The van der Waals surface area contributed by atoms with Gasteiger partial charge in [-0.15, -0.1) is 0 Å². The molecule has 4 rings (SSSR count). The molecule has 4 aliphatic carbocycles. The number of carbonyl (C=O) groups excluding carboxylic acids is 1. The van der Waals surface area contributed by atoms with Crippen LogP contribution in [-0.2, 0) is 4.79 Å². The fourth-order valence-electron chi connectivity index (χ4n) is 3.89. The normalized spacial score (nSPS) is 57.3. The molecule has 2 N–H and O–H groups in total. The van der Waals surface area contributed by atoms with Crippen LogP contribution in [0.5, 0.6) is 0 Å². The highest BCUT2D eigenvalue weighted by molar-refractivity contribution is 5.85. The van der Waals surface area contributed by atoms with Gasteiger partial charge in [-0.1, -0.05) is 19.1 Å². The van der Waals surface area contributed by atoms with Gasteiger partial charge in [0.25, 0.3) is 0 Å². The molecule has 3 nitrogen and oxygen atoms in total. The molecule has 0 radical (unpaired) electrons. The lowest BCUT2D eigenvalue weighted by Crippen LogP contribution is -2.60. The summed E-state index contributed by atoms with van der Waals surface area (Å²) in [4.78, 5) is 11.8. The summed E-state index contributed by atoms with van der Waals surface area (Å²) in [5, 5.41) is 20.0. The largest absolute Gasteiger partial charge is 0.390 e. The Morgan fingerprint density at radius 3 is 2.93 bits per heavy atom. The smallest absolute Gasteiger partial charge is 0.137 e. The van der Waals surface area contributed by atoms with Crippen LogP contribution in [0.4, 0.5) is 0 Å². The number of rotatable bonds is 0. The molecular formula is C12H16O3. The summed E-state index contributed by atoms with van der Waals surface area (Å²) >= 11 is 0. The minimum atomic E-state index is -0.782. The van der Waals surface area contributed by atoms with Crippen molar-refractivity contribution < 1.29 is 15.0 Å². The lowest BCUT2D eigenvalue weighted by atomic mass is 9.53. The average molecular weight is 208 g/mol. The zero-order valence-corrected chi connectivity index (χ0v) is 8.76. The Bertz CT molecular complexity index is 349. The van der Waals surface area contributed by atoms with Crippen LogP contribution in [0, 0.1) is 23.2 Å². The van der Waals surface area contributed by atoms with Crippen molar-refractivity contribution in [3.8, 4) is 0 Å². The second-order valence-corrected chi connectivity index (χ2v) is 5.38. The van der Waals surface area contributed by atoms with Crippen LogP contribution in [0.3, 0.4) is 0 Å². The van der Waals surface area contributed by atoms with Crippen LogP contribution in [0.15, 0.2) is 12.2 Å². The Labute approximate surface area is 88.8 Å². The van der Waals surface area contributed by atoms with E-state index in [4.69, 9.17) is 0 Å². The molecule has 2 saturated carbocycles. The quantitative estimate of drug-likeness (QED) is 0.570. The van der Waals surface area contributed by atoms with Gasteiger partial charge in [-0.2, -0.15) is 0 Å². The summed E-state index contributed by atoms with van der Waals surface area (Å²) in [6, 6.07) is 0. The molecule has 82 valence electrons. The van der Waals surface area contributed by atoms with E-state index < -0.39 is 17.6 Å². The number of hydrogen-bond donors (Lipinski definition) is 2. The van der Waals surface area contributed by atoms with Crippen LogP contribution < -0.4 is 0 Å². The van der Waals surface area contributed by atoms with Crippen molar-refractivity contribution in [2.75, 3.05) is 0 Å². The number of Topliss-reactive ketones (excluding diaryl/α,β-unsaturated/α-hetero) is 1. The number of aliphatic hydroxyl groups is 2. The summed E-state index contributed by atoms with van der Waals surface area (Å²) in [6.45, 7) is 1.90. The van der Waals surface area contributed by atoms with Crippen molar-refractivity contribution in [3.05, 3.63) is 12.2 Å². The highest BCUT2D eigenvalue weighted by Crippen LogP contribution is 2.57. The minimum absolute atomic E-state index is 0.0155. The van der Waals surface area contributed by atoms with E-state index in [9.17, 15) is 15.0 Å². The molecule has 0 spiro atoms. The predicted octanol–water partition coefficient (Wildman–Crippen LogP) is 0.509. The van der Waals surface area contributed by atoms with E-state index in [2.05, 4.69) is 0 Å². The van der Waals surface area contributed by atoms with E-state index in [0.717, 1.165) is 6.42 Å². The Balaban J connectivity index is 2.12. The molecule has 0 aromatic rings. The second kappa shape index (κ2) is 2.71. The van der Waals surface area contributed by atoms with Gasteiger partial charge in [0.15, 0.2) is 0 Å². The average Bonchev–Trinajstić information content (AvgIpc) is 2.59. The summed E-state index contributed by atoms with van der Waals surface area (Å²) < 4.78 is 0. The monoisotopic (exact) mass is 208 g/mol. The van der Waals surface area contributed by atoms with Crippen molar-refractivity contribution in [2.45, 2.75) is 32.0 Å². The van der Waals surface area contributed by atoms with Gasteiger partial charge >= 0.3 is 0 Å². The molecule has 0 amide bonds. The van der Waals surface area contributed by atoms with Gasteiger partial charge in [0.2, 0.25) is 0 Å². The van der Waals surface area contributed by atoms with Crippen molar-refractivity contribution >= 4 is 5.78 Å². The van der Waals surface area contributed by atoms with Crippen LogP contribution in [-0.4, -0.2) is 28.2 Å². The summed E-state index contributed by atoms with van der Waals surface area (Å²) in [7, 11) is 0. The third-order valence-electron chi connectivity index (χ3n) is 4.70. The lowest BCUT2D eigenvalue weighted by molar-refractivity contribution is -0.155. The van der Waals surface area contributed by atoms with Gasteiger partial charge < -0.3 is 10.2 Å². The van der Waals surface area contributed by atoms with E-state index in [0.29, 0.717) is 6.42 Å². The first-order valence-electron chi connectivity index (χ1n) is 5.64. The zero-order valence-electron chi connectivity index (χ0n) is 8.76. The van der Waals surface area contributed by atoms with E-state index in [-0.39, 0.29) is 23.5 Å². The standard InChI is InChI=1S/C12H16O3/c1-12-5-4-7(10(14)11(12)15)6-2-3-8(13)9(6)12/h4-7,9-11,14-15H,2-3H2,1H3/t6-,7?,9+,10?,11?,12?/m0/s1. The first kappa shape index (κ1) is 9.55. The number of carbonyl (C=O) groups is 1. The molecule has 0 saturated heterocycles. The van der Waals surface area contributed by atoms with Gasteiger partial charge in [-0.25, -0.2) is 0 Å². The van der Waals surface area contributed by atoms with Crippen LogP contribution >= 0.6 is 0 Å². The van der Waals surface area contributed by atoms with E-state index in [1.165, 1.54) is 0 Å². The molecule has 4 aliphatic rings. The molecule has 0 aromatic carbocycles. The van der Waals surface area contributed by atoms with Gasteiger partial charge in [0.05, 0.1) is 12.2 Å². The first-order chi connectivity index (χ1) is 7.05. The van der Waals surface area contributed by atoms with Gasteiger partial charge in [-0.05, 0) is 12.3 Å². The summed E-state index contributed by atoms with van der Waals surface area (Å²) in [5.41, 5.74) is -0.535. The Kier molecular flexibility index (Phi) is 1.73. The van der Waals surface area contributed by atoms with E-state index in [1.807, 2.05) is 19.1 Å². The maximum atomic E-state index is 11.8. The van der Waals surface area contributed by atoms with Crippen molar-refractivity contribution in [1.82, 2.24) is 0 Å². The molecule has 2 bridgehead atoms. The topological polar surface area (TPSA) is 57.5 Å². The maximum absolute atomic E-state index is 11.8.